The van der Waals surface area contributed by atoms with Gasteiger partial charge in [-0.3, -0.25) is 10.1 Å². The first-order valence-electron chi connectivity index (χ1n) is 6.60. The fourth-order valence-electron chi connectivity index (χ4n) is 2.02. The van der Waals surface area contributed by atoms with E-state index in [0.717, 1.165) is 0 Å². The van der Waals surface area contributed by atoms with Crippen molar-refractivity contribution in [3.8, 4) is 0 Å². The average Bonchev–Trinajstić information content (AvgIpc) is 2.47. The van der Waals surface area contributed by atoms with Gasteiger partial charge in [0.1, 0.15) is 11.9 Å². The first-order chi connectivity index (χ1) is 10.4. The summed E-state index contributed by atoms with van der Waals surface area (Å²) in [6.07, 6.45) is -0.552. The number of nitrogens with zero attached hydrogens (tertiary/aromatic N) is 1. The van der Waals surface area contributed by atoms with Gasteiger partial charge in [-0.05, 0) is 43.7 Å². The van der Waals surface area contributed by atoms with Crippen LogP contribution in [0.15, 0.2) is 42.5 Å². The van der Waals surface area contributed by atoms with Gasteiger partial charge in [0.25, 0.3) is 5.69 Å². The van der Waals surface area contributed by atoms with Crippen molar-refractivity contribution in [2.24, 2.45) is 0 Å². The molecule has 0 aliphatic rings. The van der Waals surface area contributed by atoms with Crippen LogP contribution in [0, 0.1) is 22.9 Å². The fourth-order valence-corrected chi connectivity index (χ4v) is 2.02. The molecule has 1 atom stereocenters. The van der Waals surface area contributed by atoms with Crippen LogP contribution < -0.4 is 0 Å². The maximum atomic E-state index is 12.9. The van der Waals surface area contributed by atoms with Gasteiger partial charge in [0.15, 0.2) is 0 Å². The van der Waals surface area contributed by atoms with Crippen LogP contribution in [-0.4, -0.2) is 10.9 Å². The van der Waals surface area contributed by atoms with Gasteiger partial charge >= 0.3 is 5.97 Å². The molecule has 0 aromatic heterocycles. The average molecular weight is 303 g/mol. The molecule has 1 unspecified atom stereocenters. The van der Waals surface area contributed by atoms with Crippen molar-refractivity contribution in [3.05, 3.63) is 75.1 Å². The van der Waals surface area contributed by atoms with Gasteiger partial charge in [0.05, 0.1) is 10.5 Å². The molecule has 5 nitrogen and oxygen atoms in total. The number of esters is 1. The summed E-state index contributed by atoms with van der Waals surface area (Å²) in [5.41, 5.74) is 1.22. The Labute approximate surface area is 126 Å². The predicted octanol–water partition coefficient (Wildman–Crippen LogP) is 3.96. The van der Waals surface area contributed by atoms with Crippen molar-refractivity contribution in [1.29, 1.82) is 0 Å². The molecule has 0 radical (unpaired) electrons. The summed E-state index contributed by atoms with van der Waals surface area (Å²) in [6, 6.07) is 9.69. The molecule has 0 saturated heterocycles. The van der Waals surface area contributed by atoms with Gasteiger partial charge in [0, 0.05) is 11.6 Å². The largest absolute Gasteiger partial charge is 0.454 e. The molecule has 2 rings (SSSR count). The zero-order chi connectivity index (χ0) is 16.3. The van der Waals surface area contributed by atoms with Crippen molar-refractivity contribution < 1.29 is 18.8 Å². The molecular formula is C16H14FNO4. The van der Waals surface area contributed by atoms with Gasteiger partial charge in [-0.25, -0.2) is 9.18 Å². The second-order valence-corrected chi connectivity index (χ2v) is 4.86. The summed E-state index contributed by atoms with van der Waals surface area (Å²) in [5, 5.41) is 10.8. The number of nitro benzene ring substituents is 1. The summed E-state index contributed by atoms with van der Waals surface area (Å²) in [6.45, 7) is 3.22. The summed E-state index contributed by atoms with van der Waals surface area (Å²) in [5.74, 6) is -0.955. The van der Waals surface area contributed by atoms with Crippen LogP contribution >= 0.6 is 0 Å². The first kappa shape index (κ1) is 15.6. The number of hydrogen-bond acceptors (Lipinski definition) is 4. The third kappa shape index (κ3) is 3.46. The zero-order valence-corrected chi connectivity index (χ0v) is 12.1. The Bertz CT molecular complexity index is 713. The molecule has 0 amide bonds. The van der Waals surface area contributed by atoms with Crippen molar-refractivity contribution in [2.75, 3.05) is 0 Å². The van der Waals surface area contributed by atoms with E-state index in [1.165, 1.54) is 42.5 Å². The minimum Gasteiger partial charge on any atom is -0.454 e. The zero-order valence-electron chi connectivity index (χ0n) is 12.1. The molecule has 0 aliphatic carbocycles. The highest BCUT2D eigenvalue weighted by Crippen LogP contribution is 2.22. The molecule has 22 heavy (non-hydrogen) atoms. The van der Waals surface area contributed by atoms with Crippen molar-refractivity contribution in [2.45, 2.75) is 20.0 Å². The molecular weight excluding hydrogens is 289 g/mol. The minimum atomic E-state index is -0.588. The maximum absolute atomic E-state index is 12.9. The third-order valence-corrected chi connectivity index (χ3v) is 3.25. The van der Waals surface area contributed by atoms with E-state index in [0.29, 0.717) is 11.1 Å². The summed E-state index contributed by atoms with van der Waals surface area (Å²) in [7, 11) is 0. The summed E-state index contributed by atoms with van der Waals surface area (Å²) >= 11 is 0. The number of halogens is 1. The fraction of sp³-hybridized carbons (Fsp3) is 0.188. The van der Waals surface area contributed by atoms with Gasteiger partial charge in [-0.1, -0.05) is 12.1 Å². The Kier molecular flexibility index (Phi) is 4.50. The number of nitro groups is 1. The van der Waals surface area contributed by atoms with Crippen LogP contribution in [0.1, 0.15) is 34.5 Å². The van der Waals surface area contributed by atoms with Crippen molar-refractivity contribution in [3.63, 3.8) is 0 Å². The standard InChI is InChI=1S/C16H14FNO4/c1-10-9-13(5-8-15(10)18(20)21)16(19)22-11(2)12-3-6-14(17)7-4-12/h3-9,11H,1-2H3. The summed E-state index contributed by atoms with van der Waals surface area (Å²) < 4.78 is 18.1. The third-order valence-electron chi connectivity index (χ3n) is 3.25. The smallest absolute Gasteiger partial charge is 0.338 e. The molecule has 0 spiro atoms. The molecule has 2 aromatic carbocycles. The van der Waals surface area contributed by atoms with Gasteiger partial charge in [-0.2, -0.15) is 0 Å². The minimum absolute atomic E-state index is 0.0527. The number of rotatable bonds is 4. The first-order valence-corrected chi connectivity index (χ1v) is 6.60. The lowest BCUT2D eigenvalue weighted by Crippen LogP contribution is -2.09. The van der Waals surface area contributed by atoms with Gasteiger partial charge in [-0.15, -0.1) is 0 Å². The van der Waals surface area contributed by atoms with E-state index in [9.17, 15) is 19.3 Å². The molecule has 0 heterocycles. The van der Waals surface area contributed by atoms with Gasteiger partial charge < -0.3 is 4.74 Å². The van der Waals surface area contributed by atoms with Crippen molar-refractivity contribution in [1.82, 2.24) is 0 Å². The lowest BCUT2D eigenvalue weighted by molar-refractivity contribution is -0.385. The molecule has 6 heteroatoms. The van der Waals surface area contributed by atoms with E-state index in [-0.39, 0.29) is 17.1 Å². The van der Waals surface area contributed by atoms with Gasteiger partial charge in [0.2, 0.25) is 0 Å². The molecule has 0 saturated carbocycles. The van der Waals surface area contributed by atoms with Crippen molar-refractivity contribution >= 4 is 11.7 Å². The number of carbonyl (C=O) groups is 1. The van der Waals surface area contributed by atoms with E-state index in [2.05, 4.69) is 0 Å². The van der Waals surface area contributed by atoms with E-state index in [4.69, 9.17) is 4.74 Å². The van der Waals surface area contributed by atoms with E-state index in [1.807, 2.05) is 0 Å². The SMILES string of the molecule is Cc1cc(C(=O)OC(C)c2ccc(F)cc2)ccc1[N+](=O)[O-]. The molecule has 0 N–H and O–H groups in total. The molecule has 2 aromatic rings. The van der Waals surface area contributed by atoms with Crippen LogP contribution in [-0.2, 0) is 4.74 Å². The molecule has 0 aliphatic heterocycles. The monoisotopic (exact) mass is 303 g/mol. The molecule has 0 fully saturated rings. The molecule has 114 valence electrons. The highest BCUT2D eigenvalue weighted by Gasteiger charge is 2.17. The number of ether oxygens (including phenoxy) is 1. The topological polar surface area (TPSA) is 69.4 Å². The molecule has 0 bridgehead atoms. The second kappa shape index (κ2) is 6.34. The Morgan fingerprint density at radius 3 is 2.41 bits per heavy atom. The van der Waals surface area contributed by atoms with E-state index >= 15 is 0 Å². The highest BCUT2D eigenvalue weighted by molar-refractivity contribution is 5.90. The summed E-state index contributed by atoms with van der Waals surface area (Å²) in [4.78, 5) is 22.3. The normalized spacial score (nSPS) is 11.8. The quantitative estimate of drug-likeness (QED) is 0.487. The lowest BCUT2D eigenvalue weighted by atomic mass is 10.1. The van der Waals surface area contributed by atoms with E-state index < -0.39 is 17.0 Å². The lowest BCUT2D eigenvalue weighted by Gasteiger charge is -2.13. The van der Waals surface area contributed by atoms with Crippen LogP contribution in [0.25, 0.3) is 0 Å². The second-order valence-electron chi connectivity index (χ2n) is 4.86. The number of carbonyl (C=O) groups excluding carboxylic acids is 1. The Balaban J connectivity index is 2.13. The van der Waals surface area contributed by atoms with Crippen LogP contribution in [0.2, 0.25) is 0 Å². The van der Waals surface area contributed by atoms with Crippen LogP contribution in [0.4, 0.5) is 10.1 Å². The number of hydrogen-bond donors (Lipinski definition) is 0. The Morgan fingerprint density at radius 1 is 1.23 bits per heavy atom. The van der Waals surface area contributed by atoms with E-state index in [1.54, 1.807) is 13.8 Å². The predicted molar refractivity (Wildman–Crippen MR) is 78.1 cm³/mol. The number of benzene rings is 2. The van der Waals surface area contributed by atoms with Crippen LogP contribution in [0.3, 0.4) is 0 Å². The van der Waals surface area contributed by atoms with Crippen LogP contribution in [0.5, 0.6) is 0 Å². The number of aryl methyl sites for hydroxylation is 1. The maximum Gasteiger partial charge on any atom is 0.338 e. The highest BCUT2D eigenvalue weighted by atomic mass is 19.1. The Hall–Kier alpha value is -2.76. The Morgan fingerprint density at radius 2 is 1.86 bits per heavy atom.